The molecular weight excluding hydrogens is 1830 g/mol. The first-order chi connectivity index (χ1) is 77.3. The standard InChI is InChI=1S/C28H25FNO.C27H23FNO.2C26H21FNO.C25H19FNO/c1-17(2)20-14-15-30(4)24(16-20)25-18(3)10-11-21-22-12-13-23(29)26(28(22)31-27(21)25)19-8-6-5-7-9-19;1-16-5-8-19(9-6-16)25-22(28)12-11-21-20-10-7-18(3)24(26(20)30-27(21)25)23-15-17(2)13-14-29(23)4;1-16-7-10-18(11-8-16)24-21(27)14-13-20-19-12-9-17(2)23(25(19)29-26(20)24)22-6-4-5-15-28(22)3;1-16-13-14-28(3)22(15-16)23-17(2)9-10-19-20-11-12-21(27)24(26(20)29-25(19)23)18-7-5-4-6-8-18;1-16-11-12-18-19-13-14-20(26)23(17-8-4-3-5-9-17)25(19)28-24(18)22(16)21-10-6-7-15-27(21)2/h5-17H,1-4H3;5-15H,1-4H3;2*4-15H,1-3H3;3-15H,1-2H3/q5*+1/i5D,6D,7D,8D,9D;;;4D,5D,6D,7D,8D;3D,4D,5D,8D,9D. The van der Waals surface area contributed by atoms with Crippen molar-refractivity contribution in [2.45, 2.75) is 82.1 Å². The third-order valence-electron chi connectivity index (χ3n) is 27.6. The second-order valence-corrected chi connectivity index (χ2v) is 37.8. The topological polar surface area (TPSA) is 85.1 Å². The maximum Gasteiger partial charge on any atom is 0.216 e. The highest BCUT2D eigenvalue weighted by Crippen LogP contribution is 2.50. The van der Waals surface area contributed by atoms with E-state index in [1.807, 2.05) is 255 Å². The van der Waals surface area contributed by atoms with E-state index >= 15 is 13.2 Å². The summed E-state index contributed by atoms with van der Waals surface area (Å²) in [7, 11) is 9.88. The Morgan fingerprint density at radius 3 is 0.694 bits per heavy atom. The van der Waals surface area contributed by atoms with E-state index in [4.69, 9.17) is 42.6 Å². The normalized spacial score (nSPS) is 12.9. The summed E-state index contributed by atoms with van der Waals surface area (Å²) in [6.45, 7) is 22.5. The Morgan fingerprint density at radius 2 is 0.435 bits per heavy atom. The molecule has 722 valence electrons. The van der Waals surface area contributed by atoms with E-state index in [0.717, 1.165) is 161 Å². The van der Waals surface area contributed by atoms with E-state index in [9.17, 15) is 8.78 Å². The van der Waals surface area contributed by atoms with Gasteiger partial charge in [0.05, 0.1) is 76.2 Å². The third-order valence-corrected chi connectivity index (χ3v) is 27.6. The van der Waals surface area contributed by atoms with Gasteiger partial charge in [0.15, 0.2) is 31.0 Å². The lowest BCUT2D eigenvalue weighted by molar-refractivity contribution is -0.660. The van der Waals surface area contributed by atoms with Crippen LogP contribution in [0.2, 0.25) is 0 Å². The van der Waals surface area contributed by atoms with Crippen molar-refractivity contribution in [3.05, 3.63) is 449 Å². The Kier molecular flexibility index (Phi) is 21.2. The fourth-order valence-electron chi connectivity index (χ4n) is 19.9. The lowest BCUT2D eigenvalue weighted by Gasteiger charge is -2.09. The Morgan fingerprint density at radius 1 is 0.211 bits per heavy atom. The minimum atomic E-state index is -0.719. The van der Waals surface area contributed by atoms with E-state index in [1.165, 1.54) is 35.4 Å². The van der Waals surface area contributed by atoms with Crippen molar-refractivity contribution in [2.75, 3.05) is 0 Å². The van der Waals surface area contributed by atoms with Gasteiger partial charge in [-0.15, -0.1) is 0 Å². The molecule has 10 nitrogen and oxygen atoms in total. The van der Waals surface area contributed by atoms with Gasteiger partial charge in [0.1, 0.15) is 120 Å². The number of aryl methyl sites for hydroxylation is 14. The van der Waals surface area contributed by atoms with Gasteiger partial charge in [0.25, 0.3) is 0 Å². The number of nitrogens with zero attached hydrogens (tertiary/aromatic N) is 5. The summed E-state index contributed by atoms with van der Waals surface area (Å²) in [4.78, 5) is 0. The van der Waals surface area contributed by atoms with Gasteiger partial charge in [-0.05, 0) is 213 Å². The number of pyridine rings is 5. The van der Waals surface area contributed by atoms with Crippen molar-refractivity contribution in [2.24, 2.45) is 35.2 Å². The van der Waals surface area contributed by atoms with Gasteiger partial charge in [0.2, 0.25) is 28.5 Å². The van der Waals surface area contributed by atoms with Crippen LogP contribution in [0.5, 0.6) is 0 Å². The van der Waals surface area contributed by atoms with E-state index in [1.54, 1.807) is 24.3 Å². The molecule has 10 aromatic heterocycles. The average Bonchev–Trinajstić information content (AvgIpc) is 1.57. The lowest BCUT2D eigenvalue weighted by Crippen LogP contribution is -2.31. The van der Waals surface area contributed by atoms with Crippen LogP contribution < -0.4 is 22.8 Å². The van der Waals surface area contributed by atoms with E-state index in [-0.39, 0.29) is 61.8 Å². The number of benzene rings is 15. The van der Waals surface area contributed by atoms with Crippen LogP contribution >= 0.6 is 0 Å². The maximum absolute atomic E-state index is 15.4. The molecule has 0 amide bonds. The second kappa shape index (κ2) is 39.4. The smallest absolute Gasteiger partial charge is 0.216 e. The largest absolute Gasteiger partial charge is 0.454 e. The van der Waals surface area contributed by atoms with Crippen LogP contribution in [0.15, 0.2) is 386 Å². The highest BCUT2D eigenvalue weighted by atomic mass is 19.1. The molecule has 25 rings (SSSR count). The van der Waals surface area contributed by atoms with Crippen LogP contribution in [0.25, 0.3) is 222 Å². The van der Waals surface area contributed by atoms with Crippen LogP contribution in [0.1, 0.15) is 96.0 Å². The molecule has 147 heavy (non-hydrogen) atoms. The van der Waals surface area contributed by atoms with Crippen LogP contribution in [0, 0.1) is 91.4 Å². The highest BCUT2D eigenvalue weighted by molar-refractivity contribution is 6.18. The zero-order chi connectivity index (χ0) is 115. The Bertz CT molecular complexity index is 10400. The van der Waals surface area contributed by atoms with Crippen LogP contribution in [-0.4, -0.2) is 0 Å². The van der Waals surface area contributed by atoms with Crippen molar-refractivity contribution in [3.63, 3.8) is 0 Å². The molecule has 0 radical (unpaired) electrons. The molecule has 0 saturated heterocycles. The summed E-state index contributed by atoms with van der Waals surface area (Å²) >= 11 is 0. The predicted molar refractivity (Wildman–Crippen MR) is 585 cm³/mol. The van der Waals surface area contributed by atoms with Gasteiger partial charge in [-0.2, -0.15) is 0 Å². The molecule has 15 aromatic carbocycles. The predicted octanol–water partition coefficient (Wildman–Crippen LogP) is 33.3. The molecule has 0 aliphatic heterocycles. The highest BCUT2D eigenvalue weighted by Gasteiger charge is 2.32. The minimum absolute atomic E-state index is 0.135. The fraction of sp³-hybridized carbons (Fsp3) is 0.129. The number of hydrogen-bond donors (Lipinski definition) is 0. The van der Waals surface area contributed by atoms with Gasteiger partial charge in [-0.25, -0.2) is 44.8 Å². The molecule has 0 aliphatic rings. The van der Waals surface area contributed by atoms with Gasteiger partial charge >= 0.3 is 0 Å². The van der Waals surface area contributed by atoms with E-state index < -0.39 is 108 Å². The number of hydrogen-bond acceptors (Lipinski definition) is 5. The average molecular weight is 1960 g/mol. The molecule has 0 aliphatic carbocycles. The molecule has 25 aromatic rings. The third kappa shape index (κ3) is 17.7. The molecule has 10 heterocycles. The quantitative estimate of drug-likeness (QED) is 0.0951. The number of halogens is 5. The van der Waals surface area contributed by atoms with Crippen molar-refractivity contribution < 1.29 is 87.4 Å². The summed E-state index contributed by atoms with van der Waals surface area (Å²) in [5, 5.41) is 7.94. The fourth-order valence-corrected chi connectivity index (χ4v) is 19.9. The zero-order valence-electron chi connectivity index (χ0n) is 98.7. The van der Waals surface area contributed by atoms with Crippen LogP contribution in [-0.2, 0) is 35.2 Å². The Labute approximate surface area is 870 Å². The molecule has 0 spiro atoms. The monoisotopic (exact) mass is 1950 g/mol. The van der Waals surface area contributed by atoms with E-state index in [2.05, 4.69) is 105 Å². The number of furan rings is 5. The zero-order valence-corrected chi connectivity index (χ0v) is 83.7. The molecule has 0 bridgehead atoms. The number of fused-ring (bicyclic) bond motifs is 15. The van der Waals surface area contributed by atoms with Gasteiger partial charge in [-0.1, -0.05) is 225 Å². The van der Waals surface area contributed by atoms with Gasteiger partial charge < -0.3 is 22.1 Å². The maximum atomic E-state index is 15.4. The summed E-state index contributed by atoms with van der Waals surface area (Å²) in [6, 6.07) is 67.9. The summed E-state index contributed by atoms with van der Waals surface area (Å²) in [5.74, 6) is -2.38. The summed E-state index contributed by atoms with van der Waals surface area (Å²) in [6.07, 6.45) is 9.97. The van der Waals surface area contributed by atoms with Gasteiger partial charge in [-0.3, -0.25) is 0 Å². The summed E-state index contributed by atoms with van der Waals surface area (Å²) in [5.41, 5.74) is 26.9. The minimum Gasteiger partial charge on any atom is -0.454 e. The van der Waals surface area contributed by atoms with Crippen molar-refractivity contribution >= 4 is 110 Å². The molecule has 0 unspecified atom stereocenters. The molecule has 0 N–H and O–H groups in total. The van der Waals surface area contributed by atoms with Crippen molar-refractivity contribution in [3.8, 4) is 112 Å². The Balaban J connectivity index is 0.000000116. The molecule has 0 saturated carbocycles. The van der Waals surface area contributed by atoms with Crippen LogP contribution in [0.4, 0.5) is 22.0 Å². The van der Waals surface area contributed by atoms with Crippen molar-refractivity contribution in [1.29, 1.82) is 0 Å². The first-order valence-electron chi connectivity index (χ1n) is 55.7. The molecule has 0 fully saturated rings. The van der Waals surface area contributed by atoms with E-state index in [0.29, 0.717) is 61.1 Å². The summed E-state index contributed by atoms with van der Waals surface area (Å²) < 4.78 is 240. The molecule has 0 atom stereocenters. The Hall–Kier alpha value is -17.3. The van der Waals surface area contributed by atoms with Crippen molar-refractivity contribution in [1.82, 2.24) is 0 Å². The number of aromatic nitrogens is 5. The van der Waals surface area contributed by atoms with Crippen LogP contribution in [0.3, 0.4) is 0 Å². The first kappa shape index (κ1) is 79.2. The second-order valence-electron chi connectivity index (χ2n) is 37.8. The SMILES string of the molecule is Cc1ccc(-c2c(F)ccc3c2oc2c(-c4cc(C)cc[n+]4C)c(C)ccc23)cc1.Cc1ccc(-c2c(F)ccc3c2oc2c(-c4cccc[n+]4C)c(C)ccc23)cc1.[2H]c1c([2H])c([2H])c(-c2c(F)ccc3c2oc2c(-c4cc(C(C)C)cc[n+]4C)c(C)ccc23)c([2H])c1[2H].[2H]c1c([2H])c([2H])c(-c2c(F)ccc3c2oc2c(-c4cc(C)cc[n+]4C)c(C)ccc23)c([2H])c1[2H].[2H]c1c([2H])c([2H])c(-c2c(F)ccc3c2oc2c(-c4cccc[n+]4C)c(C)ccc23)c([2H])c1[2H]. The molecule has 15 heteroatoms. The van der Waals surface area contributed by atoms with Gasteiger partial charge in [0, 0.05) is 115 Å². The number of rotatable bonds is 11. The lowest BCUT2D eigenvalue weighted by atomic mass is 9.96. The molecular formula is C132H109F5N5O5+5. The first-order valence-corrected chi connectivity index (χ1v) is 48.2.